The fraction of sp³-hybridized carbons (Fsp3) is 0.0769. The Morgan fingerprint density at radius 1 is 1.22 bits per heavy atom. The minimum absolute atomic E-state index is 0.676. The maximum Gasteiger partial charge on any atom is 0.178 e. The molecule has 0 spiro atoms. The first-order chi connectivity index (χ1) is 8.75. The molecule has 2 aromatic heterocycles. The van der Waals surface area contributed by atoms with Crippen LogP contribution in [0.3, 0.4) is 0 Å². The van der Waals surface area contributed by atoms with Crippen molar-refractivity contribution in [3.05, 3.63) is 58.1 Å². The van der Waals surface area contributed by atoms with E-state index in [-0.39, 0.29) is 0 Å². The van der Waals surface area contributed by atoms with Gasteiger partial charge in [-0.15, -0.1) is 0 Å². The van der Waals surface area contributed by atoms with Gasteiger partial charge in [-0.25, -0.2) is 0 Å². The van der Waals surface area contributed by atoms with E-state index in [1.165, 1.54) is 0 Å². The van der Waals surface area contributed by atoms with E-state index in [0.717, 1.165) is 16.6 Å². The van der Waals surface area contributed by atoms with Crippen molar-refractivity contribution in [2.75, 3.05) is 0 Å². The Hall–Kier alpha value is -1.65. The maximum atomic E-state index is 6.24. The van der Waals surface area contributed by atoms with Crippen molar-refractivity contribution in [3.63, 3.8) is 0 Å². The summed E-state index contributed by atoms with van der Waals surface area (Å²) in [6, 6.07) is 9.69. The first kappa shape index (κ1) is 11.4. The van der Waals surface area contributed by atoms with Gasteiger partial charge in [0.15, 0.2) is 4.77 Å². The highest BCUT2D eigenvalue weighted by Gasteiger charge is 2.08. The van der Waals surface area contributed by atoms with E-state index >= 15 is 0 Å². The van der Waals surface area contributed by atoms with Crippen LogP contribution in [0.25, 0.3) is 11.0 Å². The number of nitrogens with zero attached hydrogens (tertiary/aromatic N) is 2. The van der Waals surface area contributed by atoms with Crippen LogP contribution in [0.2, 0.25) is 5.02 Å². The number of para-hydroxylation sites is 1. The fourth-order valence-electron chi connectivity index (χ4n) is 2.00. The zero-order chi connectivity index (χ0) is 12.5. The van der Waals surface area contributed by atoms with Gasteiger partial charge in [-0.1, -0.05) is 17.7 Å². The lowest BCUT2D eigenvalue weighted by Gasteiger charge is -2.05. The van der Waals surface area contributed by atoms with Gasteiger partial charge in [0.25, 0.3) is 0 Å². The number of benzene rings is 1. The summed E-state index contributed by atoms with van der Waals surface area (Å²) in [5, 5.41) is 0.703. The number of pyridine rings is 1. The Balaban J connectivity index is 2.17. The van der Waals surface area contributed by atoms with Crippen LogP contribution in [0.4, 0.5) is 0 Å². The van der Waals surface area contributed by atoms with Crippen LogP contribution < -0.4 is 0 Å². The summed E-state index contributed by atoms with van der Waals surface area (Å²) in [5.41, 5.74) is 3.05. The van der Waals surface area contributed by atoms with Gasteiger partial charge in [-0.3, -0.25) is 4.98 Å². The second-order valence-electron chi connectivity index (χ2n) is 4.01. The Morgan fingerprint density at radius 3 is 2.78 bits per heavy atom. The Bertz CT molecular complexity index is 746. The second-order valence-corrected chi connectivity index (χ2v) is 4.80. The molecular formula is C13H10ClN3S. The van der Waals surface area contributed by atoms with Crippen LogP contribution in [0.1, 0.15) is 5.56 Å². The maximum absolute atomic E-state index is 6.24. The first-order valence-electron chi connectivity index (χ1n) is 5.51. The van der Waals surface area contributed by atoms with Crippen molar-refractivity contribution >= 4 is 34.9 Å². The number of hydrogen-bond donors (Lipinski definition) is 1. The predicted octanol–water partition coefficient (Wildman–Crippen LogP) is 3.80. The van der Waals surface area contributed by atoms with Gasteiger partial charge in [-0.2, -0.15) is 0 Å². The molecule has 0 aliphatic heterocycles. The molecule has 0 saturated heterocycles. The molecule has 2 heterocycles. The minimum Gasteiger partial charge on any atom is -0.331 e. The van der Waals surface area contributed by atoms with Crippen LogP contribution in [0.15, 0.2) is 42.7 Å². The van der Waals surface area contributed by atoms with Gasteiger partial charge >= 0.3 is 0 Å². The normalized spacial score (nSPS) is 10.9. The Kier molecular flexibility index (Phi) is 2.89. The van der Waals surface area contributed by atoms with Crippen molar-refractivity contribution < 1.29 is 0 Å². The lowest BCUT2D eigenvalue weighted by atomic mass is 10.2. The lowest BCUT2D eigenvalue weighted by molar-refractivity contribution is 0.809. The Morgan fingerprint density at radius 2 is 2.00 bits per heavy atom. The zero-order valence-corrected chi connectivity index (χ0v) is 11.0. The van der Waals surface area contributed by atoms with E-state index in [4.69, 9.17) is 23.8 Å². The SMILES string of the molecule is S=c1[nH]c2cccc(Cl)c2n1Cc1ccncc1. The lowest BCUT2D eigenvalue weighted by Crippen LogP contribution is -1.99. The van der Waals surface area contributed by atoms with Crippen LogP contribution in [0.5, 0.6) is 0 Å². The molecule has 1 aromatic carbocycles. The van der Waals surface area contributed by atoms with Gasteiger partial charge in [0, 0.05) is 12.4 Å². The molecule has 18 heavy (non-hydrogen) atoms. The van der Waals surface area contributed by atoms with E-state index in [2.05, 4.69) is 9.97 Å². The van der Waals surface area contributed by atoms with Crippen LogP contribution >= 0.6 is 23.8 Å². The molecule has 3 aromatic rings. The number of aromatic nitrogens is 3. The van der Waals surface area contributed by atoms with Crippen molar-refractivity contribution in [1.82, 2.24) is 14.5 Å². The van der Waals surface area contributed by atoms with Crippen LogP contribution in [-0.2, 0) is 6.54 Å². The largest absolute Gasteiger partial charge is 0.331 e. The zero-order valence-electron chi connectivity index (χ0n) is 9.43. The van der Waals surface area contributed by atoms with Crippen LogP contribution in [0, 0.1) is 4.77 Å². The molecule has 0 aliphatic carbocycles. The second kappa shape index (κ2) is 4.55. The van der Waals surface area contributed by atoms with E-state index < -0.39 is 0 Å². The summed E-state index contributed by atoms with van der Waals surface area (Å²) in [7, 11) is 0. The summed E-state index contributed by atoms with van der Waals surface area (Å²) in [4.78, 5) is 7.17. The fourth-order valence-corrected chi connectivity index (χ4v) is 2.54. The van der Waals surface area contributed by atoms with Gasteiger partial charge < -0.3 is 9.55 Å². The third-order valence-electron chi connectivity index (χ3n) is 2.83. The van der Waals surface area contributed by atoms with E-state index in [1.807, 2.05) is 34.9 Å². The monoisotopic (exact) mass is 275 g/mol. The number of nitrogens with one attached hydrogen (secondary N) is 1. The number of H-pyrrole nitrogens is 1. The summed E-state index contributed by atoms with van der Waals surface area (Å²) in [5.74, 6) is 0. The van der Waals surface area contributed by atoms with Crippen molar-refractivity contribution in [2.45, 2.75) is 6.54 Å². The average molecular weight is 276 g/mol. The molecule has 5 heteroatoms. The molecule has 0 aliphatic rings. The standard InChI is InChI=1S/C13H10ClN3S/c14-10-2-1-3-11-12(10)17(13(18)16-11)8-9-4-6-15-7-5-9/h1-7H,8H2,(H,16,18). The van der Waals surface area contributed by atoms with Gasteiger partial charge in [0.05, 0.1) is 22.6 Å². The molecule has 0 unspecified atom stereocenters. The quantitative estimate of drug-likeness (QED) is 0.722. The molecule has 0 bridgehead atoms. The minimum atomic E-state index is 0.676. The summed E-state index contributed by atoms with van der Waals surface area (Å²) in [6.45, 7) is 0.686. The number of rotatable bonds is 2. The molecule has 3 nitrogen and oxygen atoms in total. The molecule has 0 fully saturated rings. The smallest absolute Gasteiger partial charge is 0.178 e. The van der Waals surface area contributed by atoms with E-state index in [1.54, 1.807) is 12.4 Å². The van der Waals surface area contributed by atoms with Crippen LogP contribution in [-0.4, -0.2) is 14.5 Å². The van der Waals surface area contributed by atoms with E-state index in [0.29, 0.717) is 16.3 Å². The molecule has 3 rings (SSSR count). The average Bonchev–Trinajstić information content (AvgIpc) is 2.69. The molecule has 0 amide bonds. The van der Waals surface area contributed by atoms with Gasteiger partial charge in [0.1, 0.15) is 0 Å². The highest BCUT2D eigenvalue weighted by atomic mass is 35.5. The third kappa shape index (κ3) is 1.94. The third-order valence-corrected chi connectivity index (χ3v) is 3.46. The topological polar surface area (TPSA) is 33.6 Å². The van der Waals surface area contributed by atoms with Crippen molar-refractivity contribution in [2.24, 2.45) is 0 Å². The first-order valence-corrected chi connectivity index (χ1v) is 6.30. The Labute approximate surface area is 114 Å². The number of aromatic amines is 1. The van der Waals surface area contributed by atoms with Gasteiger partial charge in [-0.05, 0) is 42.0 Å². The number of hydrogen-bond acceptors (Lipinski definition) is 2. The van der Waals surface area contributed by atoms with E-state index in [9.17, 15) is 0 Å². The highest BCUT2D eigenvalue weighted by molar-refractivity contribution is 7.71. The molecule has 0 radical (unpaired) electrons. The molecule has 90 valence electrons. The number of imidazole rings is 1. The molecular weight excluding hydrogens is 266 g/mol. The number of fused-ring (bicyclic) bond motifs is 1. The number of halogens is 1. The van der Waals surface area contributed by atoms with Crippen molar-refractivity contribution in [1.29, 1.82) is 0 Å². The summed E-state index contributed by atoms with van der Waals surface area (Å²) in [6.07, 6.45) is 3.55. The van der Waals surface area contributed by atoms with Crippen molar-refractivity contribution in [3.8, 4) is 0 Å². The highest BCUT2D eigenvalue weighted by Crippen LogP contribution is 2.23. The summed E-state index contributed by atoms with van der Waals surface area (Å²) < 4.78 is 2.68. The molecule has 0 atom stereocenters. The summed E-state index contributed by atoms with van der Waals surface area (Å²) >= 11 is 11.6. The molecule has 1 N–H and O–H groups in total. The molecule has 0 saturated carbocycles. The van der Waals surface area contributed by atoms with Gasteiger partial charge in [0.2, 0.25) is 0 Å². The predicted molar refractivity (Wildman–Crippen MR) is 75.5 cm³/mol.